The number of benzene rings is 1. The standard InChI is InChI=1S/C21H32O6Si/c1-14-18-17(13-24-20(27-18)16-9-7-6-8-10-16)26-21(19(14)25-15(2)22)23-11-12-28(3,4)5/h6-10,14,17-21H,11-13H2,1-5H3. The van der Waals surface area contributed by atoms with E-state index in [0.29, 0.717) is 13.2 Å². The summed E-state index contributed by atoms with van der Waals surface area (Å²) >= 11 is 0. The first-order chi connectivity index (χ1) is 13.2. The van der Waals surface area contributed by atoms with Gasteiger partial charge < -0.3 is 23.7 Å². The van der Waals surface area contributed by atoms with E-state index in [-0.39, 0.29) is 24.1 Å². The molecule has 156 valence electrons. The fourth-order valence-electron chi connectivity index (χ4n) is 3.57. The molecule has 0 bridgehead atoms. The molecule has 3 rings (SSSR count). The maximum absolute atomic E-state index is 11.7. The lowest BCUT2D eigenvalue weighted by molar-refractivity contribution is -0.351. The van der Waals surface area contributed by atoms with Crippen LogP contribution in [0.2, 0.25) is 25.7 Å². The summed E-state index contributed by atoms with van der Waals surface area (Å²) in [5.74, 6) is -0.418. The molecule has 0 N–H and O–H groups in total. The molecule has 6 atom stereocenters. The van der Waals surface area contributed by atoms with E-state index in [1.165, 1.54) is 6.92 Å². The highest BCUT2D eigenvalue weighted by Crippen LogP contribution is 2.38. The molecule has 7 heteroatoms. The molecule has 2 fully saturated rings. The van der Waals surface area contributed by atoms with Crippen LogP contribution in [-0.4, -0.2) is 51.9 Å². The van der Waals surface area contributed by atoms with Gasteiger partial charge in [-0.25, -0.2) is 0 Å². The van der Waals surface area contributed by atoms with Crippen LogP contribution in [0.1, 0.15) is 25.7 Å². The van der Waals surface area contributed by atoms with Crippen molar-refractivity contribution in [2.75, 3.05) is 13.2 Å². The van der Waals surface area contributed by atoms with E-state index >= 15 is 0 Å². The van der Waals surface area contributed by atoms with Crippen LogP contribution in [-0.2, 0) is 28.5 Å². The molecule has 0 amide bonds. The Morgan fingerprint density at radius 3 is 2.54 bits per heavy atom. The van der Waals surface area contributed by atoms with Crippen molar-refractivity contribution in [3.05, 3.63) is 35.9 Å². The third-order valence-corrected chi connectivity index (χ3v) is 6.88. The van der Waals surface area contributed by atoms with Gasteiger partial charge in [-0.15, -0.1) is 0 Å². The number of esters is 1. The molecule has 2 aliphatic heterocycles. The maximum atomic E-state index is 11.7. The van der Waals surface area contributed by atoms with Gasteiger partial charge in [-0.05, 0) is 6.04 Å². The van der Waals surface area contributed by atoms with Crippen LogP contribution in [0.3, 0.4) is 0 Å². The van der Waals surface area contributed by atoms with Gasteiger partial charge in [0.25, 0.3) is 0 Å². The van der Waals surface area contributed by atoms with Crippen LogP contribution in [0.4, 0.5) is 0 Å². The SMILES string of the molecule is CC(=O)OC1C(OCC[Si](C)(C)C)OC2COC(c3ccccc3)OC2C1C. The Morgan fingerprint density at radius 1 is 1.18 bits per heavy atom. The first-order valence-electron chi connectivity index (χ1n) is 10.0. The van der Waals surface area contributed by atoms with Gasteiger partial charge in [0.15, 0.2) is 18.7 Å². The summed E-state index contributed by atoms with van der Waals surface area (Å²) in [6, 6.07) is 10.8. The van der Waals surface area contributed by atoms with E-state index in [1.54, 1.807) is 0 Å². The molecule has 6 unspecified atom stereocenters. The molecular formula is C21H32O6Si. The Kier molecular flexibility index (Phi) is 6.93. The molecule has 0 aliphatic carbocycles. The quantitative estimate of drug-likeness (QED) is 0.528. The van der Waals surface area contributed by atoms with Gasteiger partial charge in [-0.1, -0.05) is 56.9 Å². The highest BCUT2D eigenvalue weighted by atomic mass is 28.3. The van der Waals surface area contributed by atoms with Crippen molar-refractivity contribution in [3.8, 4) is 0 Å². The largest absolute Gasteiger partial charge is 0.457 e. The molecular weight excluding hydrogens is 376 g/mol. The van der Waals surface area contributed by atoms with Crippen LogP contribution in [0.25, 0.3) is 0 Å². The fourth-order valence-corrected chi connectivity index (χ4v) is 4.30. The molecule has 1 aromatic carbocycles. The summed E-state index contributed by atoms with van der Waals surface area (Å²) < 4.78 is 29.9. The molecule has 0 radical (unpaired) electrons. The minimum absolute atomic E-state index is 0.0744. The van der Waals surface area contributed by atoms with Crippen LogP contribution in [0.15, 0.2) is 30.3 Å². The number of hydrogen-bond donors (Lipinski definition) is 0. The Morgan fingerprint density at radius 2 is 1.89 bits per heavy atom. The minimum atomic E-state index is -1.23. The molecule has 0 saturated carbocycles. The van der Waals surface area contributed by atoms with Crippen molar-refractivity contribution in [3.63, 3.8) is 0 Å². The second kappa shape index (κ2) is 9.05. The van der Waals surface area contributed by atoms with Crippen molar-refractivity contribution in [2.24, 2.45) is 5.92 Å². The molecule has 6 nitrogen and oxygen atoms in total. The predicted octanol–water partition coefficient (Wildman–Crippen LogP) is 3.75. The van der Waals surface area contributed by atoms with Crippen molar-refractivity contribution >= 4 is 14.0 Å². The third kappa shape index (κ3) is 5.42. The van der Waals surface area contributed by atoms with Gasteiger partial charge in [-0.2, -0.15) is 0 Å². The Hall–Kier alpha value is -1.25. The second-order valence-corrected chi connectivity index (χ2v) is 14.5. The topological polar surface area (TPSA) is 63.2 Å². The van der Waals surface area contributed by atoms with E-state index in [9.17, 15) is 4.79 Å². The van der Waals surface area contributed by atoms with Crippen molar-refractivity contribution < 1.29 is 28.5 Å². The molecule has 1 aromatic rings. The van der Waals surface area contributed by atoms with E-state index < -0.39 is 26.8 Å². The van der Waals surface area contributed by atoms with Gasteiger partial charge in [0.05, 0.1) is 12.7 Å². The van der Waals surface area contributed by atoms with Crippen LogP contribution < -0.4 is 0 Å². The zero-order chi connectivity index (χ0) is 20.3. The van der Waals surface area contributed by atoms with E-state index in [2.05, 4.69) is 19.6 Å². The lowest BCUT2D eigenvalue weighted by atomic mass is 9.89. The highest BCUT2D eigenvalue weighted by molar-refractivity contribution is 6.76. The number of ether oxygens (including phenoxy) is 5. The van der Waals surface area contributed by atoms with E-state index in [1.807, 2.05) is 37.3 Å². The molecule has 0 aromatic heterocycles. The smallest absolute Gasteiger partial charge is 0.303 e. The van der Waals surface area contributed by atoms with Gasteiger partial charge in [-0.3, -0.25) is 4.79 Å². The number of hydrogen-bond acceptors (Lipinski definition) is 6. The number of carbonyl (C=O) groups excluding carboxylic acids is 1. The van der Waals surface area contributed by atoms with Crippen molar-refractivity contribution in [1.29, 1.82) is 0 Å². The average molecular weight is 409 g/mol. The summed E-state index contributed by atoms with van der Waals surface area (Å²) in [4.78, 5) is 11.7. The Labute approximate surface area is 168 Å². The molecule has 2 heterocycles. The summed E-state index contributed by atoms with van der Waals surface area (Å²) in [6.45, 7) is 11.3. The second-order valence-electron chi connectivity index (χ2n) is 8.83. The maximum Gasteiger partial charge on any atom is 0.303 e. The van der Waals surface area contributed by atoms with Crippen LogP contribution in [0.5, 0.6) is 0 Å². The van der Waals surface area contributed by atoms with Gasteiger partial charge in [0, 0.05) is 33.1 Å². The predicted molar refractivity (Wildman–Crippen MR) is 107 cm³/mol. The Bertz CT molecular complexity index is 646. The minimum Gasteiger partial charge on any atom is -0.457 e. The summed E-state index contributed by atoms with van der Waals surface area (Å²) in [5.41, 5.74) is 0.964. The summed E-state index contributed by atoms with van der Waals surface area (Å²) in [7, 11) is -1.23. The first-order valence-corrected chi connectivity index (χ1v) is 13.7. The lowest BCUT2D eigenvalue weighted by Crippen LogP contribution is -2.59. The van der Waals surface area contributed by atoms with Crippen molar-refractivity contribution in [2.45, 2.75) is 70.4 Å². The lowest BCUT2D eigenvalue weighted by Gasteiger charge is -2.48. The summed E-state index contributed by atoms with van der Waals surface area (Å²) in [5, 5.41) is 0. The van der Waals surface area contributed by atoms with Crippen LogP contribution in [0, 0.1) is 5.92 Å². The van der Waals surface area contributed by atoms with E-state index in [4.69, 9.17) is 23.7 Å². The fraction of sp³-hybridized carbons (Fsp3) is 0.667. The number of rotatable bonds is 6. The Balaban J connectivity index is 1.69. The highest BCUT2D eigenvalue weighted by Gasteiger charge is 2.49. The van der Waals surface area contributed by atoms with Crippen molar-refractivity contribution in [1.82, 2.24) is 0 Å². The normalized spacial score (nSPS) is 33.2. The number of carbonyl (C=O) groups is 1. The third-order valence-electron chi connectivity index (χ3n) is 5.18. The number of fused-ring (bicyclic) bond motifs is 1. The summed E-state index contributed by atoms with van der Waals surface area (Å²) in [6.07, 6.45) is -2.04. The zero-order valence-electron chi connectivity index (χ0n) is 17.4. The first kappa shape index (κ1) is 21.5. The van der Waals surface area contributed by atoms with Gasteiger partial charge >= 0.3 is 5.97 Å². The molecule has 2 aliphatic rings. The molecule has 2 saturated heterocycles. The molecule has 28 heavy (non-hydrogen) atoms. The van der Waals surface area contributed by atoms with Gasteiger partial charge in [0.2, 0.25) is 0 Å². The average Bonchev–Trinajstić information content (AvgIpc) is 2.64. The zero-order valence-corrected chi connectivity index (χ0v) is 18.4. The molecule has 0 spiro atoms. The van der Waals surface area contributed by atoms with Gasteiger partial charge in [0.1, 0.15) is 6.10 Å². The van der Waals surface area contributed by atoms with E-state index in [0.717, 1.165) is 11.6 Å². The van der Waals surface area contributed by atoms with Crippen LogP contribution >= 0.6 is 0 Å². The monoisotopic (exact) mass is 408 g/mol.